The van der Waals surface area contributed by atoms with E-state index in [-0.39, 0.29) is 5.91 Å². The van der Waals surface area contributed by atoms with Gasteiger partial charge in [0.15, 0.2) is 0 Å². The van der Waals surface area contributed by atoms with Crippen molar-refractivity contribution in [1.82, 2.24) is 10.4 Å². The highest BCUT2D eigenvalue weighted by Gasteiger charge is 2.37. The number of carbonyl (C=O) groups excluding carboxylic acids is 1. The van der Waals surface area contributed by atoms with Gasteiger partial charge < -0.3 is 5.32 Å². The highest BCUT2D eigenvalue weighted by atomic mass is 16.2. The summed E-state index contributed by atoms with van der Waals surface area (Å²) in [6.45, 7) is 1.91. The van der Waals surface area contributed by atoms with Crippen LogP contribution in [0.4, 0.5) is 5.69 Å². The summed E-state index contributed by atoms with van der Waals surface area (Å²) < 4.78 is 0. The van der Waals surface area contributed by atoms with Gasteiger partial charge in [-0.05, 0) is 60.2 Å². The molecule has 0 spiro atoms. The molecule has 0 saturated carbocycles. The van der Waals surface area contributed by atoms with Gasteiger partial charge in [-0.25, -0.2) is 5.43 Å². The Morgan fingerprint density at radius 3 is 2.77 bits per heavy atom. The molecule has 0 bridgehead atoms. The van der Waals surface area contributed by atoms with Gasteiger partial charge in [-0.1, -0.05) is 48.6 Å². The summed E-state index contributed by atoms with van der Waals surface area (Å²) >= 11 is 0. The number of hydrogen-bond acceptors (Lipinski definition) is 4. The molecule has 2 aliphatic rings. The molecule has 2 heterocycles. The summed E-state index contributed by atoms with van der Waals surface area (Å²) in [6, 6.07) is 20.8. The number of nitrogens with one attached hydrogen (secondary N) is 2. The predicted octanol–water partition coefficient (Wildman–Crippen LogP) is 5.06. The van der Waals surface area contributed by atoms with Crippen molar-refractivity contribution in [2.75, 3.05) is 5.32 Å². The largest absolute Gasteiger partial charge is 0.378 e. The van der Waals surface area contributed by atoms with Crippen LogP contribution in [0.5, 0.6) is 0 Å². The van der Waals surface area contributed by atoms with Crippen molar-refractivity contribution in [2.24, 2.45) is 11.0 Å². The van der Waals surface area contributed by atoms with Crippen molar-refractivity contribution in [3.05, 3.63) is 107 Å². The topological polar surface area (TPSA) is 66.4 Å². The third-order valence-electron chi connectivity index (χ3n) is 6.19. The van der Waals surface area contributed by atoms with Crippen molar-refractivity contribution in [3.63, 3.8) is 0 Å². The molecule has 0 unspecified atom stereocenters. The van der Waals surface area contributed by atoms with Crippen LogP contribution in [-0.2, 0) is 0 Å². The summed E-state index contributed by atoms with van der Waals surface area (Å²) in [6.07, 6.45) is 8.86. The zero-order valence-electron chi connectivity index (χ0n) is 17.3. The fourth-order valence-corrected chi connectivity index (χ4v) is 4.57. The number of amides is 1. The van der Waals surface area contributed by atoms with Gasteiger partial charge in [0.05, 0.1) is 17.3 Å². The highest BCUT2D eigenvalue weighted by Crippen LogP contribution is 2.49. The lowest BCUT2D eigenvalue weighted by Gasteiger charge is -2.37. The number of rotatable bonds is 4. The number of anilines is 1. The number of hydrazone groups is 1. The molecule has 2 aromatic carbocycles. The second-order valence-electron chi connectivity index (χ2n) is 8.07. The number of benzene rings is 2. The molecule has 1 aliphatic carbocycles. The Labute approximate surface area is 181 Å². The van der Waals surface area contributed by atoms with E-state index in [2.05, 4.69) is 81.5 Å². The minimum absolute atomic E-state index is 0.267. The van der Waals surface area contributed by atoms with Crippen molar-refractivity contribution in [3.8, 4) is 0 Å². The predicted molar refractivity (Wildman–Crippen MR) is 123 cm³/mol. The SMILES string of the molecule is C/C(=N/NC(=O)c1cccnc1)c1ccc2c(c1)[C@H]1C=CC[C@H]1[C@H](c1ccccc1)N2. The minimum Gasteiger partial charge on any atom is -0.378 e. The van der Waals surface area contributed by atoms with Crippen LogP contribution in [0.2, 0.25) is 0 Å². The van der Waals surface area contributed by atoms with Crippen molar-refractivity contribution in [1.29, 1.82) is 0 Å². The van der Waals surface area contributed by atoms with E-state index < -0.39 is 0 Å². The lowest BCUT2D eigenvalue weighted by Crippen LogP contribution is -2.29. The van der Waals surface area contributed by atoms with Crippen LogP contribution in [0.15, 0.2) is 90.3 Å². The Hall–Kier alpha value is -3.73. The Morgan fingerprint density at radius 2 is 1.97 bits per heavy atom. The van der Waals surface area contributed by atoms with E-state index >= 15 is 0 Å². The number of hydrogen-bond donors (Lipinski definition) is 2. The molecule has 5 heteroatoms. The maximum atomic E-state index is 12.3. The Bertz CT molecular complexity index is 1150. The van der Waals surface area contributed by atoms with Gasteiger partial charge >= 0.3 is 0 Å². The fourth-order valence-electron chi connectivity index (χ4n) is 4.57. The fraction of sp³-hybridized carbons (Fsp3) is 0.192. The van der Waals surface area contributed by atoms with Gasteiger partial charge in [0, 0.05) is 24.0 Å². The third kappa shape index (κ3) is 3.75. The Morgan fingerprint density at radius 1 is 1.10 bits per heavy atom. The van der Waals surface area contributed by atoms with Crippen LogP contribution in [0.3, 0.4) is 0 Å². The summed E-state index contributed by atoms with van der Waals surface area (Å²) in [4.78, 5) is 16.2. The molecular formula is C26H24N4O. The lowest BCUT2D eigenvalue weighted by molar-refractivity contribution is 0.0954. The van der Waals surface area contributed by atoms with E-state index in [4.69, 9.17) is 0 Å². The molecule has 5 nitrogen and oxygen atoms in total. The number of pyridine rings is 1. The summed E-state index contributed by atoms with van der Waals surface area (Å²) in [5, 5.41) is 8.08. The van der Waals surface area contributed by atoms with Crippen LogP contribution < -0.4 is 10.7 Å². The normalized spacial score (nSPS) is 21.7. The summed E-state index contributed by atoms with van der Waals surface area (Å²) in [5.41, 5.74) is 8.67. The van der Waals surface area contributed by atoms with Crippen LogP contribution in [0.25, 0.3) is 0 Å². The first kappa shape index (κ1) is 19.2. The maximum absolute atomic E-state index is 12.3. The van der Waals surface area contributed by atoms with Gasteiger partial charge in [0.2, 0.25) is 0 Å². The number of allylic oxidation sites excluding steroid dienone is 2. The van der Waals surface area contributed by atoms with Gasteiger partial charge in [-0.2, -0.15) is 5.10 Å². The molecule has 1 amide bonds. The van der Waals surface area contributed by atoms with Crippen LogP contribution in [-0.4, -0.2) is 16.6 Å². The van der Waals surface area contributed by atoms with Crippen molar-refractivity contribution in [2.45, 2.75) is 25.3 Å². The highest BCUT2D eigenvalue weighted by molar-refractivity contribution is 6.01. The third-order valence-corrected chi connectivity index (χ3v) is 6.19. The zero-order chi connectivity index (χ0) is 21.2. The van der Waals surface area contributed by atoms with Crippen LogP contribution in [0.1, 0.15) is 52.4 Å². The first-order valence-electron chi connectivity index (χ1n) is 10.6. The minimum atomic E-state index is -0.267. The van der Waals surface area contributed by atoms with Gasteiger partial charge in [0.25, 0.3) is 5.91 Å². The molecule has 0 radical (unpaired) electrons. The van der Waals surface area contributed by atoms with Crippen molar-refractivity contribution >= 4 is 17.3 Å². The van der Waals surface area contributed by atoms with E-state index in [1.807, 2.05) is 6.92 Å². The average Bonchev–Trinajstić information content (AvgIpc) is 3.33. The monoisotopic (exact) mass is 408 g/mol. The van der Waals surface area contributed by atoms with Crippen LogP contribution in [0, 0.1) is 5.92 Å². The molecular weight excluding hydrogens is 384 g/mol. The summed E-state index contributed by atoms with van der Waals surface area (Å²) in [5.74, 6) is 0.600. The van der Waals surface area contributed by atoms with Crippen molar-refractivity contribution < 1.29 is 4.79 Å². The molecule has 0 fully saturated rings. The number of fused-ring (bicyclic) bond motifs is 3. The second-order valence-corrected chi connectivity index (χ2v) is 8.07. The van der Waals surface area contributed by atoms with Gasteiger partial charge in [-0.3, -0.25) is 9.78 Å². The molecule has 2 N–H and O–H groups in total. The number of nitrogens with zero attached hydrogens (tertiary/aromatic N) is 2. The zero-order valence-corrected chi connectivity index (χ0v) is 17.3. The van der Waals surface area contributed by atoms with Gasteiger partial charge in [-0.15, -0.1) is 0 Å². The average molecular weight is 409 g/mol. The molecule has 154 valence electrons. The van der Waals surface area contributed by atoms with E-state index in [0.717, 1.165) is 23.4 Å². The standard InChI is InChI=1S/C26H24N4O/c1-17(29-30-26(31)20-9-6-14-27-16-20)19-12-13-24-23(15-19)21-10-5-11-22(21)25(28-24)18-7-3-2-4-8-18/h2-10,12-16,21-22,25,28H,11H2,1H3,(H,30,31)/b29-17-/t21-,22+,25-/m0/s1. The molecule has 5 rings (SSSR count). The Kier molecular flexibility index (Phi) is 5.08. The van der Waals surface area contributed by atoms with E-state index in [0.29, 0.717) is 23.4 Å². The second kappa shape index (κ2) is 8.19. The molecule has 31 heavy (non-hydrogen) atoms. The molecule has 3 aromatic rings. The summed E-state index contributed by atoms with van der Waals surface area (Å²) in [7, 11) is 0. The molecule has 0 saturated heterocycles. The first-order valence-corrected chi connectivity index (χ1v) is 10.6. The van der Waals surface area contributed by atoms with E-state index in [9.17, 15) is 4.79 Å². The smallest absolute Gasteiger partial charge is 0.272 e. The molecule has 1 aromatic heterocycles. The maximum Gasteiger partial charge on any atom is 0.272 e. The lowest BCUT2D eigenvalue weighted by atomic mass is 9.76. The van der Waals surface area contributed by atoms with Crippen LogP contribution >= 0.6 is 0 Å². The van der Waals surface area contributed by atoms with Gasteiger partial charge in [0.1, 0.15) is 0 Å². The number of carbonyl (C=O) groups is 1. The van der Waals surface area contributed by atoms with E-state index in [1.54, 1.807) is 18.3 Å². The molecule has 3 atom stereocenters. The quantitative estimate of drug-likeness (QED) is 0.360. The Balaban J connectivity index is 1.40. The first-order chi connectivity index (χ1) is 15.2. The van der Waals surface area contributed by atoms with E-state index in [1.165, 1.54) is 17.3 Å². The molecule has 1 aliphatic heterocycles. The number of aromatic nitrogens is 1.